The van der Waals surface area contributed by atoms with Crippen LogP contribution in [0.1, 0.15) is 28.8 Å². The Bertz CT molecular complexity index is 887. The van der Waals surface area contributed by atoms with Crippen LogP contribution in [0.15, 0.2) is 30.3 Å². The molecule has 0 saturated carbocycles. The first-order valence-electron chi connectivity index (χ1n) is 9.48. The molecule has 0 spiro atoms. The van der Waals surface area contributed by atoms with Gasteiger partial charge in [-0.1, -0.05) is 6.07 Å². The maximum atomic E-state index is 14.0. The number of rotatable bonds is 7. The molecule has 0 aliphatic carbocycles. The van der Waals surface area contributed by atoms with Crippen molar-refractivity contribution in [3.63, 3.8) is 0 Å². The van der Waals surface area contributed by atoms with Crippen molar-refractivity contribution >= 4 is 5.78 Å². The first-order valence-corrected chi connectivity index (χ1v) is 9.48. The molecule has 1 saturated heterocycles. The molecule has 1 aliphatic heterocycles. The van der Waals surface area contributed by atoms with E-state index < -0.39 is 11.6 Å². The Labute approximate surface area is 169 Å². The van der Waals surface area contributed by atoms with Crippen molar-refractivity contribution < 1.29 is 27.8 Å². The lowest BCUT2D eigenvalue weighted by atomic mass is 9.89. The van der Waals surface area contributed by atoms with Gasteiger partial charge in [0.1, 0.15) is 11.6 Å². The van der Waals surface area contributed by atoms with Crippen LogP contribution in [0, 0.1) is 17.6 Å². The van der Waals surface area contributed by atoms with Gasteiger partial charge in [0.25, 0.3) is 0 Å². The minimum Gasteiger partial charge on any atom is -0.493 e. The summed E-state index contributed by atoms with van der Waals surface area (Å²) < 4.78 is 43.8. The van der Waals surface area contributed by atoms with Crippen molar-refractivity contribution in [1.82, 2.24) is 4.90 Å². The van der Waals surface area contributed by atoms with Crippen LogP contribution in [-0.2, 0) is 6.54 Å². The van der Waals surface area contributed by atoms with E-state index in [9.17, 15) is 13.6 Å². The minimum absolute atomic E-state index is 0.180. The number of hydrogen-bond donors (Lipinski definition) is 0. The summed E-state index contributed by atoms with van der Waals surface area (Å²) in [5.41, 5.74) is 0.718. The van der Waals surface area contributed by atoms with Crippen LogP contribution in [0.4, 0.5) is 8.78 Å². The predicted molar refractivity (Wildman–Crippen MR) is 105 cm³/mol. The molecule has 1 aliphatic rings. The lowest BCUT2D eigenvalue weighted by molar-refractivity contribution is 0.0806. The summed E-state index contributed by atoms with van der Waals surface area (Å²) in [5.74, 6) is -0.374. The predicted octanol–water partition coefficient (Wildman–Crippen LogP) is 4.09. The zero-order valence-corrected chi connectivity index (χ0v) is 16.8. The summed E-state index contributed by atoms with van der Waals surface area (Å²) in [7, 11) is 4.67. The molecule has 5 nitrogen and oxygen atoms in total. The molecular formula is C22H25F2NO4. The molecule has 2 aromatic rings. The number of ether oxygens (including phenoxy) is 3. The highest BCUT2D eigenvalue weighted by Crippen LogP contribution is 2.40. The number of piperidine rings is 1. The summed E-state index contributed by atoms with van der Waals surface area (Å²) in [6.45, 7) is 1.80. The molecule has 0 bridgehead atoms. The minimum atomic E-state index is -0.685. The Balaban J connectivity index is 1.78. The van der Waals surface area contributed by atoms with Gasteiger partial charge in [-0.3, -0.25) is 9.69 Å². The number of halogens is 2. The van der Waals surface area contributed by atoms with Crippen molar-refractivity contribution in [3.8, 4) is 17.2 Å². The number of Topliss-reactive ketones (excluding diaryl/α,β-unsaturated/α-hetero) is 1. The molecule has 0 unspecified atom stereocenters. The Morgan fingerprint density at radius 2 is 1.83 bits per heavy atom. The number of benzene rings is 2. The number of ketones is 1. The molecule has 1 fully saturated rings. The van der Waals surface area contributed by atoms with Gasteiger partial charge < -0.3 is 14.2 Å². The highest BCUT2D eigenvalue weighted by molar-refractivity contribution is 5.98. The monoisotopic (exact) mass is 405 g/mol. The second-order valence-corrected chi connectivity index (χ2v) is 7.06. The van der Waals surface area contributed by atoms with Crippen LogP contribution in [-0.4, -0.2) is 45.1 Å². The molecule has 0 N–H and O–H groups in total. The number of likely N-dealkylation sites (tertiary alicyclic amines) is 1. The van der Waals surface area contributed by atoms with Gasteiger partial charge in [-0.25, -0.2) is 8.78 Å². The molecule has 0 aromatic heterocycles. The molecule has 0 amide bonds. The highest BCUT2D eigenvalue weighted by Gasteiger charge is 2.29. The van der Waals surface area contributed by atoms with Crippen LogP contribution >= 0.6 is 0 Å². The maximum absolute atomic E-state index is 14.0. The quantitative estimate of drug-likeness (QED) is 0.650. The van der Waals surface area contributed by atoms with Gasteiger partial charge in [0, 0.05) is 24.6 Å². The average Bonchev–Trinajstić information content (AvgIpc) is 2.74. The molecule has 156 valence electrons. The summed E-state index contributed by atoms with van der Waals surface area (Å²) in [5, 5.41) is 0. The average molecular weight is 405 g/mol. The summed E-state index contributed by atoms with van der Waals surface area (Å²) >= 11 is 0. The van der Waals surface area contributed by atoms with Gasteiger partial charge in [-0.05, 0) is 43.7 Å². The van der Waals surface area contributed by atoms with Crippen LogP contribution < -0.4 is 14.2 Å². The molecular weight excluding hydrogens is 380 g/mol. The van der Waals surface area contributed by atoms with Gasteiger partial charge in [-0.15, -0.1) is 0 Å². The van der Waals surface area contributed by atoms with Crippen molar-refractivity contribution in [3.05, 3.63) is 53.1 Å². The van der Waals surface area contributed by atoms with Gasteiger partial charge in [0.05, 0.1) is 26.9 Å². The number of carbonyl (C=O) groups is 1. The van der Waals surface area contributed by atoms with E-state index in [1.807, 2.05) is 12.1 Å². The molecule has 0 radical (unpaired) electrons. The first-order chi connectivity index (χ1) is 14.0. The van der Waals surface area contributed by atoms with Gasteiger partial charge in [0.15, 0.2) is 17.3 Å². The van der Waals surface area contributed by atoms with Crippen LogP contribution in [0.3, 0.4) is 0 Å². The third-order valence-corrected chi connectivity index (χ3v) is 5.25. The van der Waals surface area contributed by atoms with E-state index in [2.05, 4.69) is 4.90 Å². The van der Waals surface area contributed by atoms with Gasteiger partial charge in [0.2, 0.25) is 5.75 Å². The molecule has 29 heavy (non-hydrogen) atoms. The Kier molecular flexibility index (Phi) is 6.69. The fourth-order valence-electron chi connectivity index (χ4n) is 3.85. The van der Waals surface area contributed by atoms with Crippen molar-refractivity contribution in [2.24, 2.45) is 5.92 Å². The fourth-order valence-corrected chi connectivity index (χ4v) is 3.85. The summed E-state index contributed by atoms with van der Waals surface area (Å²) in [6, 6.07) is 6.71. The standard InChI is InChI=1S/C22H25F2NO4/c1-27-19-9-6-15(21(28-2)22(19)29-3)13-25-10-4-5-14(12-25)20(26)17-11-16(23)7-8-18(17)24/h6-9,11,14H,4-5,10,12-13H2,1-3H3/t14-/m1/s1. The Hall–Kier alpha value is -2.67. The van der Waals surface area contributed by atoms with Crippen LogP contribution in [0.2, 0.25) is 0 Å². The van der Waals surface area contributed by atoms with E-state index in [1.54, 1.807) is 21.3 Å². The largest absolute Gasteiger partial charge is 0.493 e. The molecule has 3 rings (SSSR count). The second kappa shape index (κ2) is 9.22. The zero-order valence-electron chi connectivity index (χ0n) is 16.8. The Morgan fingerprint density at radius 1 is 1.07 bits per heavy atom. The molecule has 1 heterocycles. The lowest BCUT2D eigenvalue weighted by Gasteiger charge is -2.32. The topological polar surface area (TPSA) is 48.0 Å². The summed E-state index contributed by atoms with van der Waals surface area (Å²) in [6.07, 6.45) is 1.44. The van der Waals surface area contributed by atoms with Gasteiger partial charge >= 0.3 is 0 Å². The zero-order chi connectivity index (χ0) is 21.0. The highest BCUT2D eigenvalue weighted by atomic mass is 19.1. The SMILES string of the molecule is COc1ccc(CN2CCC[C@@H](C(=O)c3cc(F)ccc3F)C2)c(OC)c1OC. The molecule has 1 atom stereocenters. The maximum Gasteiger partial charge on any atom is 0.203 e. The number of hydrogen-bond acceptors (Lipinski definition) is 5. The Morgan fingerprint density at radius 3 is 2.52 bits per heavy atom. The van der Waals surface area contributed by atoms with Crippen LogP contribution in [0.25, 0.3) is 0 Å². The van der Waals surface area contributed by atoms with E-state index in [0.29, 0.717) is 36.8 Å². The third kappa shape index (κ3) is 4.50. The van der Waals surface area contributed by atoms with Crippen molar-refractivity contribution in [2.45, 2.75) is 19.4 Å². The van der Waals surface area contributed by atoms with Crippen molar-refractivity contribution in [1.29, 1.82) is 0 Å². The number of carbonyl (C=O) groups excluding carboxylic acids is 1. The van der Waals surface area contributed by atoms with E-state index in [0.717, 1.165) is 36.7 Å². The number of nitrogens with zero attached hydrogens (tertiary/aromatic N) is 1. The normalized spacial score (nSPS) is 17.1. The fraction of sp³-hybridized carbons (Fsp3) is 0.409. The van der Waals surface area contributed by atoms with E-state index in [-0.39, 0.29) is 17.3 Å². The van der Waals surface area contributed by atoms with Gasteiger partial charge in [-0.2, -0.15) is 0 Å². The first kappa shape index (κ1) is 21.0. The van der Waals surface area contributed by atoms with E-state index in [4.69, 9.17) is 14.2 Å². The van der Waals surface area contributed by atoms with E-state index in [1.165, 1.54) is 0 Å². The molecule has 2 aromatic carbocycles. The molecule has 7 heteroatoms. The lowest BCUT2D eigenvalue weighted by Crippen LogP contribution is -2.38. The second-order valence-electron chi connectivity index (χ2n) is 7.06. The third-order valence-electron chi connectivity index (χ3n) is 5.25. The van der Waals surface area contributed by atoms with Crippen LogP contribution in [0.5, 0.6) is 17.2 Å². The number of methoxy groups -OCH3 is 3. The summed E-state index contributed by atoms with van der Waals surface area (Å²) in [4.78, 5) is 14.9. The van der Waals surface area contributed by atoms with E-state index >= 15 is 0 Å². The van der Waals surface area contributed by atoms with Crippen molar-refractivity contribution in [2.75, 3.05) is 34.4 Å². The smallest absolute Gasteiger partial charge is 0.203 e.